The Bertz CT molecular complexity index is 553. The lowest BCUT2D eigenvalue weighted by molar-refractivity contribution is 0.317. The predicted molar refractivity (Wildman–Crippen MR) is 87.6 cm³/mol. The second kappa shape index (κ2) is 6.93. The molecule has 1 atom stereocenters. The van der Waals surface area contributed by atoms with Crippen LogP contribution in [0.2, 0.25) is 0 Å². The maximum absolute atomic E-state index is 14.4. The molecular formula is C20H26F2. The van der Waals surface area contributed by atoms with E-state index in [-0.39, 0.29) is 0 Å². The van der Waals surface area contributed by atoms with E-state index in [9.17, 15) is 8.78 Å². The van der Waals surface area contributed by atoms with Gasteiger partial charge in [-0.1, -0.05) is 57.2 Å². The number of rotatable bonds is 4. The molecule has 1 aromatic carbocycles. The third kappa shape index (κ3) is 3.11. The molecule has 3 rings (SSSR count). The maximum Gasteiger partial charge on any atom is 0.166 e. The van der Waals surface area contributed by atoms with Crippen molar-refractivity contribution >= 4 is 5.57 Å². The fourth-order valence-electron chi connectivity index (χ4n) is 4.26. The minimum absolute atomic E-state index is 0.488. The minimum Gasteiger partial charge on any atom is -0.203 e. The molecule has 0 radical (unpaired) electrons. The first-order chi connectivity index (χ1) is 10.7. The third-order valence-corrected chi connectivity index (χ3v) is 5.55. The molecule has 1 aromatic rings. The van der Waals surface area contributed by atoms with Crippen LogP contribution in [0.4, 0.5) is 8.78 Å². The summed E-state index contributed by atoms with van der Waals surface area (Å²) in [6, 6.07) is 3.55. The Hall–Kier alpha value is -1.18. The van der Waals surface area contributed by atoms with Crippen LogP contribution in [-0.4, -0.2) is 0 Å². The van der Waals surface area contributed by atoms with Crippen molar-refractivity contribution in [1.82, 2.24) is 0 Å². The van der Waals surface area contributed by atoms with E-state index in [1.807, 2.05) is 6.92 Å². The van der Waals surface area contributed by atoms with Gasteiger partial charge >= 0.3 is 0 Å². The summed E-state index contributed by atoms with van der Waals surface area (Å²) < 4.78 is 28.5. The Kier molecular flexibility index (Phi) is 4.95. The normalized spacial score (nSPS) is 22.9. The average molecular weight is 304 g/mol. The largest absolute Gasteiger partial charge is 0.203 e. The van der Waals surface area contributed by atoms with Gasteiger partial charge in [-0.05, 0) is 48.7 Å². The fraction of sp³-hybridized carbons (Fsp3) is 0.600. The van der Waals surface area contributed by atoms with Crippen LogP contribution in [0.15, 0.2) is 18.2 Å². The van der Waals surface area contributed by atoms with Gasteiger partial charge in [0.2, 0.25) is 0 Å². The fourth-order valence-corrected chi connectivity index (χ4v) is 4.26. The van der Waals surface area contributed by atoms with Crippen molar-refractivity contribution in [3.05, 3.63) is 41.0 Å². The SMILES string of the molecule is CCCc1ccc(C2=CCC(C3CCCC3)CC2)c(F)c1F. The number of halogens is 2. The smallest absolute Gasteiger partial charge is 0.166 e. The first-order valence-corrected chi connectivity index (χ1v) is 8.87. The topological polar surface area (TPSA) is 0 Å². The van der Waals surface area contributed by atoms with E-state index in [2.05, 4.69) is 6.08 Å². The van der Waals surface area contributed by atoms with Crippen molar-refractivity contribution < 1.29 is 8.78 Å². The van der Waals surface area contributed by atoms with E-state index in [4.69, 9.17) is 0 Å². The number of hydrogen-bond acceptors (Lipinski definition) is 0. The third-order valence-electron chi connectivity index (χ3n) is 5.55. The van der Waals surface area contributed by atoms with E-state index in [0.29, 0.717) is 17.5 Å². The van der Waals surface area contributed by atoms with E-state index in [1.54, 1.807) is 12.1 Å². The Morgan fingerprint density at radius 3 is 2.41 bits per heavy atom. The molecule has 1 saturated carbocycles. The van der Waals surface area contributed by atoms with E-state index in [1.165, 1.54) is 25.7 Å². The van der Waals surface area contributed by atoms with Gasteiger partial charge in [0, 0.05) is 5.56 Å². The van der Waals surface area contributed by atoms with Crippen molar-refractivity contribution in [2.75, 3.05) is 0 Å². The maximum atomic E-state index is 14.4. The van der Waals surface area contributed by atoms with Crippen LogP contribution in [0.25, 0.3) is 5.57 Å². The average Bonchev–Trinajstić information content (AvgIpc) is 3.07. The van der Waals surface area contributed by atoms with Crippen LogP contribution in [-0.2, 0) is 6.42 Å². The molecule has 1 unspecified atom stereocenters. The van der Waals surface area contributed by atoms with Gasteiger partial charge in [0.1, 0.15) is 0 Å². The molecule has 0 N–H and O–H groups in total. The zero-order valence-corrected chi connectivity index (χ0v) is 13.5. The van der Waals surface area contributed by atoms with Crippen LogP contribution >= 0.6 is 0 Å². The lowest BCUT2D eigenvalue weighted by atomic mass is 9.78. The first-order valence-electron chi connectivity index (χ1n) is 8.87. The second-order valence-electron chi connectivity index (χ2n) is 6.96. The van der Waals surface area contributed by atoms with Gasteiger partial charge in [-0.3, -0.25) is 0 Å². The van der Waals surface area contributed by atoms with Gasteiger partial charge in [-0.2, -0.15) is 0 Å². The molecule has 0 saturated heterocycles. The van der Waals surface area contributed by atoms with Gasteiger partial charge in [-0.25, -0.2) is 8.78 Å². The number of hydrogen-bond donors (Lipinski definition) is 0. The lowest BCUT2D eigenvalue weighted by Crippen LogP contribution is -2.14. The monoisotopic (exact) mass is 304 g/mol. The van der Waals surface area contributed by atoms with E-state index < -0.39 is 11.6 Å². The second-order valence-corrected chi connectivity index (χ2v) is 6.96. The zero-order valence-electron chi connectivity index (χ0n) is 13.5. The molecule has 2 aliphatic rings. The molecule has 2 aliphatic carbocycles. The van der Waals surface area contributed by atoms with Crippen LogP contribution < -0.4 is 0 Å². The number of benzene rings is 1. The standard InChI is InChI=1S/C20H26F2/c1-2-5-17-12-13-18(20(22)19(17)21)16-10-8-15(9-11-16)14-6-3-4-7-14/h10,12-15H,2-9,11H2,1H3. The van der Waals surface area contributed by atoms with Gasteiger partial charge in [0.15, 0.2) is 11.6 Å². The molecule has 0 spiro atoms. The van der Waals surface area contributed by atoms with Crippen molar-refractivity contribution in [1.29, 1.82) is 0 Å². The summed E-state index contributed by atoms with van der Waals surface area (Å²) in [5.41, 5.74) is 2.00. The molecule has 0 bridgehead atoms. The van der Waals surface area contributed by atoms with E-state index in [0.717, 1.165) is 43.1 Å². The predicted octanol–water partition coefficient (Wildman–Crippen LogP) is 6.29. The molecule has 0 amide bonds. The Morgan fingerprint density at radius 2 is 1.77 bits per heavy atom. The van der Waals surface area contributed by atoms with Crippen molar-refractivity contribution in [3.8, 4) is 0 Å². The number of aryl methyl sites for hydroxylation is 1. The molecule has 120 valence electrons. The highest BCUT2D eigenvalue weighted by molar-refractivity contribution is 5.67. The van der Waals surface area contributed by atoms with E-state index >= 15 is 0 Å². The summed E-state index contributed by atoms with van der Waals surface area (Å²) in [4.78, 5) is 0. The first kappa shape index (κ1) is 15.7. The van der Waals surface area contributed by atoms with Gasteiger partial charge in [-0.15, -0.1) is 0 Å². The summed E-state index contributed by atoms with van der Waals surface area (Å²) in [5, 5.41) is 0. The molecule has 0 heterocycles. The molecule has 22 heavy (non-hydrogen) atoms. The molecule has 2 heteroatoms. The highest BCUT2D eigenvalue weighted by Crippen LogP contribution is 2.41. The quantitative estimate of drug-likeness (QED) is 0.613. The summed E-state index contributed by atoms with van der Waals surface area (Å²) in [7, 11) is 0. The summed E-state index contributed by atoms with van der Waals surface area (Å²) >= 11 is 0. The summed E-state index contributed by atoms with van der Waals surface area (Å²) in [5.74, 6) is 0.347. The van der Waals surface area contributed by atoms with Crippen molar-refractivity contribution in [2.45, 2.75) is 64.7 Å². The van der Waals surface area contributed by atoms with Crippen LogP contribution in [0.1, 0.15) is 69.4 Å². The lowest BCUT2D eigenvalue weighted by Gasteiger charge is -2.27. The van der Waals surface area contributed by atoms with Crippen molar-refractivity contribution in [2.24, 2.45) is 11.8 Å². The van der Waals surface area contributed by atoms with Crippen LogP contribution in [0.5, 0.6) is 0 Å². The van der Waals surface area contributed by atoms with Crippen LogP contribution in [0, 0.1) is 23.5 Å². The van der Waals surface area contributed by atoms with Crippen molar-refractivity contribution in [3.63, 3.8) is 0 Å². The minimum atomic E-state index is -0.642. The van der Waals surface area contributed by atoms with Crippen LogP contribution in [0.3, 0.4) is 0 Å². The molecule has 0 nitrogen and oxygen atoms in total. The highest BCUT2D eigenvalue weighted by Gasteiger charge is 2.27. The van der Waals surface area contributed by atoms with Gasteiger partial charge in [0.05, 0.1) is 0 Å². The Labute approximate surface area is 132 Å². The Balaban J connectivity index is 1.76. The van der Waals surface area contributed by atoms with Gasteiger partial charge < -0.3 is 0 Å². The highest BCUT2D eigenvalue weighted by atomic mass is 19.2. The molecule has 0 aliphatic heterocycles. The zero-order chi connectivity index (χ0) is 15.5. The number of allylic oxidation sites excluding steroid dienone is 2. The molecular weight excluding hydrogens is 278 g/mol. The van der Waals surface area contributed by atoms with Gasteiger partial charge in [0.25, 0.3) is 0 Å². The molecule has 0 aromatic heterocycles. The molecule has 1 fully saturated rings. The Morgan fingerprint density at radius 1 is 1.00 bits per heavy atom. The summed E-state index contributed by atoms with van der Waals surface area (Å²) in [6.45, 7) is 1.98. The summed E-state index contributed by atoms with van der Waals surface area (Å²) in [6.07, 6.45) is 12.1.